The lowest BCUT2D eigenvalue weighted by molar-refractivity contribution is -0.129. The third-order valence-electron chi connectivity index (χ3n) is 4.89. The minimum atomic E-state index is -0.222. The van der Waals surface area contributed by atoms with Crippen LogP contribution >= 0.6 is 0 Å². The average Bonchev–Trinajstić information content (AvgIpc) is 2.92. The highest BCUT2D eigenvalue weighted by Gasteiger charge is 2.35. The van der Waals surface area contributed by atoms with E-state index < -0.39 is 0 Å². The standard InChI is InChI=1S/C18H25N3O2/c1-13-16(8-5-9-19-13)20-18(23)15-10-17(22)21(12-15)11-14-6-3-2-4-7-14/h2-4,6-7,13,15-16,19H,5,8-12H2,1H3,(H,20,23). The van der Waals surface area contributed by atoms with Gasteiger partial charge in [0.25, 0.3) is 0 Å². The maximum absolute atomic E-state index is 12.5. The Kier molecular flexibility index (Phi) is 4.96. The van der Waals surface area contributed by atoms with Crippen LogP contribution < -0.4 is 10.6 Å². The molecule has 2 N–H and O–H groups in total. The lowest BCUT2D eigenvalue weighted by Gasteiger charge is -2.31. The molecule has 2 saturated heterocycles. The number of benzene rings is 1. The summed E-state index contributed by atoms with van der Waals surface area (Å²) in [6.45, 7) is 4.23. The first kappa shape index (κ1) is 16.0. The summed E-state index contributed by atoms with van der Waals surface area (Å²) in [6, 6.07) is 10.4. The lowest BCUT2D eigenvalue weighted by atomic mass is 9.98. The number of nitrogens with one attached hydrogen (secondary N) is 2. The molecule has 0 spiro atoms. The average molecular weight is 315 g/mol. The van der Waals surface area contributed by atoms with E-state index in [9.17, 15) is 9.59 Å². The van der Waals surface area contributed by atoms with E-state index in [1.54, 1.807) is 4.90 Å². The molecule has 0 bridgehead atoms. The summed E-state index contributed by atoms with van der Waals surface area (Å²) >= 11 is 0. The Morgan fingerprint density at radius 3 is 2.87 bits per heavy atom. The van der Waals surface area contributed by atoms with Gasteiger partial charge in [0, 0.05) is 31.6 Å². The second-order valence-corrected chi connectivity index (χ2v) is 6.66. The van der Waals surface area contributed by atoms with E-state index in [2.05, 4.69) is 17.6 Å². The summed E-state index contributed by atoms with van der Waals surface area (Å²) in [5, 5.41) is 6.52. The fourth-order valence-electron chi connectivity index (χ4n) is 3.45. The molecule has 1 aromatic carbocycles. The van der Waals surface area contributed by atoms with Gasteiger partial charge in [-0.05, 0) is 31.9 Å². The monoisotopic (exact) mass is 315 g/mol. The van der Waals surface area contributed by atoms with Crippen LogP contribution in [0.4, 0.5) is 0 Å². The number of rotatable bonds is 4. The van der Waals surface area contributed by atoms with E-state index in [-0.39, 0.29) is 23.8 Å². The van der Waals surface area contributed by atoms with Gasteiger partial charge >= 0.3 is 0 Å². The van der Waals surface area contributed by atoms with Gasteiger partial charge in [0.1, 0.15) is 0 Å². The fourth-order valence-corrected chi connectivity index (χ4v) is 3.45. The van der Waals surface area contributed by atoms with Gasteiger partial charge in [0.15, 0.2) is 0 Å². The van der Waals surface area contributed by atoms with Gasteiger partial charge in [0.2, 0.25) is 11.8 Å². The van der Waals surface area contributed by atoms with Crippen molar-refractivity contribution in [2.24, 2.45) is 5.92 Å². The van der Waals surface area contributed by atoms with Gasteiger partial charge in [0.05, 0.1) is 5.92 Å². The summed E-state index contributed by atoms with van der Waals surface area (Å²) in [7, 11) is 0. The van der Waals surface area contributed by atoms with E-state index in [0.717, 1.165) is 24.9 Å². The van der Waals surface area contributed by atoms with Gasteiger partial charge in [-0.3, -0.25) is 9.59 Å². The van der Waals surface area contributed by atoms with Crippen molar-refractivity contribution in [2.75, 3.05) is 13.1 Å². The number of nitrogens with zero attached hydrogens (tertiary/aromatic N) is 1. The van der Waals surface area contributed by atoms with Crippen LogP contribution in [0.2, 0.25) is 0 Å². The number of hydrogen-bond donors (Lipinski definition) is 2. The predicted octanol–water partition coefficient (Wildman–Crippen LogP) is 1.29. The van der Waals surface area contributed by atoms with Gasteiger partial charge in [-0.2, -0.15) is 0 Å². The number of carbonyl (C=O) groups is 2. The first-order valence-corrected chi connectivity index (χ1v) is 8.49. The molecule has 23 heavy (non-hydrogen) atoms. The Balaban J connectivity index is 1.55. The first-order chi connectivity index (χ1) is 11.1. The SMILES string of the molecule is CC1NCCCC1NC(=O)C1CC(=O)N(Cc2ccccc2)C1. The Labute approximate surface area is 137 Å². The molecule has 5 heteroatoms. The topological polar surface area (TPSA) is 61.4 Å². The van der Waals surface area contributed by atoms with Gasteiger partial charge in [-0.1, -0.05) is 30.3 Å². The molecule has 2 fully saturated rings. The highest BCUT2D eigenvalue weighted by molar-refractivity contribution is 5.89. The summed E-state index contributed by atoms with van der Waals surface area (Å²) in [6.07, 6.45) is 2.42. The molecular formula is C18H25N3O2. The normalized spacial score (nSPS) is 28.0. The molecule has 2 aliphatic rings. The molecule has 2 heterocycles. The second kappa shape index (κ2) is 7.13. The Hall–Kier alpha value is -1.88. The van der Waals surface area contributed by atoms with Crippen LogP contribution in [0.15, 0.2) is 30.3 Å². The number of piperidine rings is 1. The van der Waals surface area contributed by atoms with Crippen molar-refractivity contribution in [3.63, 3.8) is 0 Å². The van der Waals surface area contributed by atoms with Crippen molar-refractivity contribution < 1.29 is 9.59 Å². The van der Waals surface area contributed by atoms with Crippen LogP contribution in [0.1, 0.15) is 31.7 Å². The fraction of sp³-hybridized carbons (Fsp3) is 0.556. The summed E-state index contributed by atoms with van der Waals surface area (Å²) in [5.74, 6) is -0.126. The zero-order valence-corrected chi connectivity index (χ0v) is 13.6. The lowest BCUT2D eigenvalue weighted by Crippen LogP contribution is -2.53. The summed E-state index contributed by atoms with van der Waals surface area (Å²) in [4.78, 5) is 26.5. The molecule has 0 aliphatic carbocycles. The van der Waals surface area contributed by atoms with Crippen LogP contribution in [0, 0.1) is 5.92 Å². The summed E-state index contributed by atoms with van der Waals surface area (Å²) < 4.78 is 0. The van der Waals surface area contributed by atoms with Crippen molar-refractivity contribution in [2.45, 2.75) is 44.8 Å². The first-order valence-electron chi connectivity index (χ1n) is 8.49. The number of carbonyl (C=O) groups excluding carboxylic acids is 2. The van der Waals surface area contributed by atoms with Gasteiger partial charge in [-0.15, -0.1) is 0 Å². The van der Waals surface area contributed by atoms with Crippen LogP contribution in [0.5, 0.6) is 0 Å². The van der Waals surface area contributed by atoms with Crippen LogP contribution in [0.25, 0.3) is 0 Å². The number of likely N-dealkylation sites (tertiary alicyclic amines) is 1. The quantitative estimate of drug-likeness (QED) is 0.880. The minimum absolute atomic E-state index is 0.0226. The highest BCUT2D eigenvalue weighted by atomic mass is 16.2. The van der Waals surface area contributed by atoms with E-state index in [1.807, 2.05) is 30.3 Å². The Bertz CT molecular complexity index is 561. The van der Waals surface area contributed by atoms with Crippen LogP contribution in [0.3, 0.4) is 0 Å². The zero-order valence-electron chi connectivity index (χ0n) is 13.6. The van der Waals surface area contributed by atoms with Crippen molar-refractivity contribution in [3.8, 4) is 0 Å². The molecule has 3 rings (SSSR count). The predicted molar refractivity (Wildman–Crippen MR) is 88.6 cm³/mol. The van der Waals surface area contributed by atoms with Crippen molar-refractivity contribution in [1.29, 1.82) is 0 Å². The molecule has 1 aromatic rings. The van der Waals surface area contributed by atoms with Crippen molar-refractivity contribution in [3.05, 3.63) is 35.9 Å². The molecule has 0 saturated carbocycles. The number of amides is 2. The molecule has 3 atom stereocenters. The van der Waals surface area contributed by atoms with E-state index >= 15 is 0 Å². The van der Waals surface area contributed by atoms with E-state index in [0.29, 0.717) is 25.6 Å². The Morgan fingerprint density at radius 1 is 1.35 bits per heavy atom. The van der Waals surface area contributed by atoms with E-state index in [1.165, 1.54) is 0 Å². The molecule has 2 amide bonds. The Morgan fingerprint density at radius 2 is 2.13 bits per heavy atom. The molecule has 5 nitrogen and oxygen atoms in total. The third kappa shape index (κ3) is 3.91. The van der Waals surface area contributed by atoms with Crippen LogP contribution in [-0.4, -0.2) is 41.9 Å². The summed E-state index contributed by atoms with van der Waals surface area (Å²) in [5.41, 5.74) is 1.10. The van der Waals surface area contributed by atoms with Gasteiger partial charge < -0.3 is 15.5 Å². The highest BCUT2D eigenvalue weighted by Crippen LogP contribution is 2.21. The third-order valence-corrected chi connectivity index (χ3v) is 4.89. The largest absolute Gasteiger partial charge is 0.352 e. The van der Waals surface area contributed by atoms with Crippen LogP contribution in [-0.2, 0) is 16.1 Å². The van der Waals surface area contributed by atoms with Crippen molar-refractivity contribution in [1.82, 2.24) is 15.5 Å². The van der Waals surface area contributed by atoms with Gasteiger partial charge in [-0.25, -0.2) is 0 Å². The molecule has 2 aliphatic heterocycles. The second-order valence-electron chi connectivity index (χ2n) is 6.66. The zero-order chi connectivity index (χ0) is 16.2. The number of hydrogen-bond acceptors (Lipinski definition) is 3. The minimum Gasteiger partial charge on any atom is -0.352 e. The molecule has 0 radical (unpaired) electrons. The maximum atomic E-state index is 12.5. The molecule has 3 unspecified atom stereocenters. The molecule has 124 valence electrons. The maximum Gasteiger partial charge on any atom is 0.225 e. The van der Waals surface area contributed by atoms with Crippen molar-refractivity contribution >= 4 is 11.8 Å². The molecule has 0 aromatic heterocycles. The van der Waals surface area contributed by atoms with E-state index in [4.69, 9.17) is 0 Å². The smallest absolute Gasteiger partial charge is 0.225 e. The molecular weight excluding hydrogens is 290 g/mol.